The van der Waals surface area contributed by atoms with Gasteiger partial charge in [-0.05, 0) is 144 Å². The fourth-order valence-corrected chi connectivity index (χ4v) is 7.23. The summed E-state index contributed by atoms with van der Waals surface area (Å²) in [6.45, 7) is 4.84. The van der Waals surface area contributed by atoms with Gasteiger partial charge >= 0.3 is 17.9 Å². The molecule has 0 saturated carbocycles. The van der Waals surface area contributed by atoms with Crippen LogP contribution < -0.4 is 4.74 Å². The molecule has 0 aromatic heterocycles. The maximum absolute atomic E-state index is 12.5. The number of hydrogen-bond donors (Lipinski definition) is 0. The van der Waals surface area contributed by atoms with Crippen molar-refractivity contribution in [2.45, 2.75) is 83.2 Å². The number of esters is 3. The number of carbonyl (C=O) groups is 3. The van der Waals surface area contributed by atoms with Gasteiger partial charge in [-0.25, -0.2) is 14.4 Å². The number of ether oxygens (including phenoxy) is 4. The summed E-state index contributed by atoms with van der Waals surface area (Å²) in [6.07, 6.45) is 13.6. The Morgan fingerprint density at radius 2 is 1.02 bits per heavy atom. The zero-order chi connectivity index (χ0) is 46.4. The van der Waals surface area contributed by atoms with Crippen LogP contribution in [0.25, 0.3) is 21.5 Å². The molecule has 6 aromatic rings. The van der Waals surface area contributed by atoms with Gasteiger partial charge in [0.05, 0.1) is 48.6 Å². The molecule has 6 aromatic carbocycles. The molecule has 0 spiro atoms. The zero-order valence-corrected chi connectivity index (χ0v) is 37.3. The van der Waals surface area contributed by atoms with Crippen molar-refractivity contribution in [3.63, 3.8) is 0 Å². The number of benzene rings is 6. The number of hydrogen-bond acceptors (Lipinski definition) is 9. The first-order chi connectivity index (χ1) is 32.3. The Hall–Kier alpha value is -7.51. The Morgan fingerprint density at radius 1 is 0.561 bits per heavy atom. The zero-order valence-electron chi connectivity index (χ0n) is 37.3. The minimum atomic E-state index is -0.397. The lowest BCUT2D eigenvalue weighted by molar-refractivity contribution is -0.145. The molecule has 0 N–H and O–H groups in total. The quantitative estimate of drug-likeness (QED) is 0.0183. The normalized spacial score (nSPS) is 12.3. The average Bonchev–Trinajstić information content (AvgIpc) is 4.21. The molecule has 1 saturated heterocycles. The minimum Gasteiger partial charge on any atom is -0.464 e. The summed E-state index contributed by atoms with van der Waals surface area (Å²) in [5, 5.41) is 22.0. The predicted molar refractivity (Wildman–Crippen MR) is 257 cm³/mol. The van der Waals surface area contributed by atoms with Crippen LogP contribution >= 0.6 is 0 Å². The second kappa shape index (κ2) is 25.7. The Morgan fingerprint density at radius 3 is 1.58 bits per heavy atom. The van der Waals surface area contributed by atoms with Crippen molar-refractivity contribution in [3.8, 4) is 29.7 Å². The van der Waals surface area contributed by atoms with Crippen LogP contribution in [0.15, 0.2) is 134 Å². The number of aryl methyl sites for hydroxylation is 2. The first-order valence-corrected chi connectivity index (χ1v) is 22.7. The molecule has 9 nitrogen and oxygen atoms in total. The third kappa shape index (κ3) is 15.9. The largest absolute Gasteiger partial charge is 0.464 e. The average molecular weight is 879 g/mol. The molecule has 1 aliphatic heterocycles. The molecule has 1 aliphatic rings. The van der Waals surface area contributed by atoms with E-state index < -0.39 is 5.97 Å². The van der Waals surface area contributed by atoms with Crippen LogP contribution in [0.1, 0.15) is 108 Å². The van der Waals surface area contributed by atoms with Crippen LogP contribution in [-0.2, 0) is 36.6 Å². The summed E-state index contributed by atoms with van der Waals surface area (Å²) in [5.74, 6) is 5.98. The van der Waals surface area contributed by atoms with Gasteiger partial charge in [-0.2, -0.15) is 10.5 Å². The number of rotatable bonds is 20. The van der Waals surface area contributed by atoms with Gasteiger partial charge in [-0.1, -0.05) is 105 Å². The molecule has 0 amide bonds. The first kappa shape index (κ1) is 48.0. The van der Waals surface area contributed by atoms with Gasteiger partial charge in [-0.3, -0.25) is 0 Å². The molecule has 0 aliphatic carbocycles. The molecule has 0 bridgehead atoms. The third-order valence-electron chi connectivity index (χ3n) is 11.1. The van der Waals surface area contributed by atoms with E-state index in [1.54, 1.807) is 36.4 Å². The molecule has 334 valence electrons. The minimum absolute atomic E-state index is 0.212. The summed E-state index contributed by atoms with van der Waals surface area (Å²) in [5.41, 5.74) is 6.26. The van der Waals surface area contributed by atoms with E-state index in [1.165, 1.54) is 23.6 Å². The number of epoxide rings is 1. The number of nitriles is 2. The number of unbranched alkanes of at least 4 members (excludes halogenated alkanes) is 8. The van der Waals surface area contributed by atoms with Crippen molar-refractivity contribution in [1.82, 2.24) is 0 Å². The molecule has 1 atom stereocenters. The van der Waals surface area contributed by atoms with Crippen molar-refractivity contribution in [2.75, 3.05) is 19.8 Å². The van der Waals surface area contributed by atoms with Gasteiger partial charge < -0.3 is 18.9 Å². The van der Waals surface area contributed by atoms with Gasteiger partial charge in [0, 0.05) is 17.2 Å². The molecule has 1 unspecified atom stereocenters. The molecular formula is C57H54N2O7. The van der Waals surface area contributed by atoms with Crippen molar-refractivity contribution >= 4 is 39.5 Å². The van der Waals surface area contributed by atoms with Gasteiger partial charge in [0.2, 0.25) is 0 Å². The summed E-state index contributed by atoms with van der Waals surface area (Å²) >= 11 is 0. The molecule has 1 heterocycles. The summed E-state index contributed by atoms with van der Waals surface area (Å²) in [7, 11) is 0. The Balaban J connectivity index is 0.000000218. The highest BCUT2D eigenvalue weighted by Crippen LogP contribution is 2.24. The summed E-state index contributed by atoms with van der Waals surface area (Å²) < 4.78 is 20.5. The second-order valence-electron chi connectivity index (χ2n) is 16.2. The lowest BCUT2D eigenvalue weighted by Gasteiger charge is -2.07. The SMILES string of the molecule is C=CC(=O)OCCCCCCCc1ccc(C(=O)Oc2ccc3cc(C#N)ccc3c2)cc1.N#Cc1ccc2cc(C#Cc3ccc(CCCCCCCOC(=O)C4CO4)cc3)ccc2c1. The molecular weight excluding hydrogens is 825 g/mol. The smallest absolute Gasteiger partial charge is 0.343 e. The van der Waals surface area contributed by atoms with E-state index in [1.807, 2.05) is 54.6 Å². The fraction of sp³-hybridized carbons (Fsp3) is 0.281. The molecule has 0 radical (unpaired) electrons. The lowest BCUT2D eigenvalue weighted by atomic mass is 10.0. The lowest BCUT2D eigenvalue weighted by Crippen LogP contribution is -2.12. The maximum Gasteiger partial charge on any atom is 0.343 e. The van der Waals surface area contributed by atoms with E-state index in [4.69, 9.17) is 29.5 Å². The van der Waals surface area contributed by atoms with E-state index in [9.17, 15) is 14.4 Å². The molecule has 1 fully saturated rings. The number of fused-ring (bicyclic) bond motifs is 2. The van der Waals surface area contributed by atoms with Crippen LogP contribution in [0.3, 0.4) is 0 Å². The molecule has 9 heteroatoms. The Labute approximate surface area is 387 Å². The Kier molecular flexibility index (Phi) is 18.7. The topological polar surface area (TPSA) is 139 Å². The standard InChI is InChI=1S/C29H27NO3.C28H27NO4/c30-20-25-14-16-26-18-24(13-15-27(26)19-25)12-11-23-9-7-22(8-10-23)6-4-2-1-3-5-17-32-29(31)28-21-33-28;1-2-27(30)32-17-7-5-3-4-6-8-21-9-12-23(13-10-21)28(31)33-26-16-15-24-18-22(20-29)11-14-25(24)19-26/h7-10,13-16,18-19,28H,1-6,17,21H2;2,9-16,18-19H,1,3-8,17H2. The highest BCUT2D eigenvalue weighted by Gasteiger charge is 2.32. The van der Waals surface area contributed by atoms with E-state index >= 15 is 0 Å². The monoisotopic (exact) mass is 878 g/mol. The van der Waals surface area contributed by atoms with Gasteiger partial charge in [-0.15, -0.1) is 0 Å². The summed E-state index contributed by atoms with van der Waals surface area (Å²) in [6, 6.07) is 42.8. The predicted octanol–water partition coefficient (Wildman–Crippen LogP) is 11.7. The van der Waals surface area contributed by atoms with Crippen LogP contribution in [0.2, 0.25) is 0 Å². The van der Waals surface area contributed by atoms with Crippen molar-refractivity contribution in [1.29, 1.82) is 10.5 Å². The van der Waals surface area contributed by atoms with Crippen LogP contribution in [0, 0.1) is 34.5 Å². The third-order valence-corrected chi connectivity index (χ3v) is 11.1. The van der Waals surface area contributed by atoms with E-state index in [0.29, 0.717) is 42.3 Å². The van der Waals surface area contributed by atoms with Gasteiger partial charge in [0.25, 0.3) is 0 Å². The number of carbonyl (C=O) groups excluding carboxylic acids is 3. The highest BCUT2D eigenvalue weighted by atomic mass is 16.6. The van der Waals surface area contributed by atoms with Gasteiger partial charge in [0.15, 0.2) is 6.10 Å². The highest BCUT2D eigenvalue weighted by molar-refractivity contribution is 5.92. The van der Waals surface area contributed by atoms with Crippen LogP contribution in [0.5, 0.6) is 5.75 Å². The summed E-state index contributed by atoms with van der Waals surface area (Å²) in [4.78, 5) is 34.8. The van der Waals surface area contributed by atoms with Crippen molar-refractivity contribution < 1.29 is 33.3 Å². The van der Waals surface area contributed by atoms with Crippen molar-refractivity contribution in [2.24, 2.45) is 0 Å². The first-order valence-electron chi connectivity index (χ1n) is 22.7. The van der Waals surface area contributed by atoms with Gasteiger partial charge in [0.1, 0.15) is 5.75 Å². The van der Waals surface area contributed by atoms with Crippen molar-refractivity contribution in [3.05, 3.63) is 173 Å². The number of nitrogens with zero attached hydrogens (tertiary/aromatic N) is 2. The van der Waals surface area contributed by atoms with Crippen LogP contribution in [-0.4, -0.2) is 43.8 Å². The fourth-order valence-electron chi connectivity index (χ4n) is 7.23. The maximum atomic E-state index is 12.5. The Bertz CT molecular complexity index is 2750. The van der Waals surface area contributed by atoms with E-state index in [0.717, 1.165) is 103 Å². The second-order valence-corrected chi connectivity index (χ2v) is 16.2. The van der Waals surface area contributed by atoms with Crippen LogP contribution in [0.4, 0.5) is 0 Å². The van der Waals surface area contributed by atoms with E-state index in [-0.39, 0.29) is 18.0 Å². The van der Waals surface area contributed by atoms with E-state index in [2.05, 4.69) is 60.9 Å². The molecule has 7 rings (SSSR count). The molecule has 66 heavy (non-hydrogen) atoms.